The van der Waals surface area contributed by atoms with Gasteiger partial charge in [0.15, 0.2) is 0 Å². The molecule has 1 aromatic carbocycles. The van der Waals surface area contributed by atoms with E-state index in [2.05, 4.69) is 10.3 Å². The van der Waals surface area contributed by atoms with E-state index in [1.807, 2.05) is 0 Å². The molecule has 128 valence electrons. The Morgan fingerprint density at radius 3 is 2.96 bits per heavy atom. The van der Waals surface area contributed by atoms with Crippen molar-refractivity contribution in [2.24, 2.45) is 10.9 Å². The van der Waals surface area contributed by atoms with E-state index in [0.717, 1.165) is 4.90 Å². The summed E-state index contributed by atoms with van der Waals surface area (Å²) in [4.78, 5) is 41.5. The van der Waals surface area contributed by atoms with Gasteiger partial charge in [-0.05, 0) is 18.2 Å². The van der Waals surface area contributed by atoms with Gasteiger partial charge in [0.1, 0.15) is 5.75 Å². The second-order valence-electron chi connectivity index (χ2n) is 5.56. The van der Waals surface area contributed by atoms with Crippen LogP contribution >= 0.6 is 0 Å². The maximum absolute atomic E-state index is 12.4. The van der Waals surface area contributed by atoms with Gasteiger partial charge in [-0.1, -0.05) is 24.3 Å². The van der Waals surface area contributed by atoms with Crippen molar-refractivity contribution >= 4 is 29.2 Å². The Balaban J connectivity index is 1.61. The molecule has 2 aliphatic rings. The van der Waals surface area contributed by atoms with E-state index in [4.69, 9.17) is 4.74 Å². The zero-order chi connectivity index (χ0) is 17.8. The van der Waals surface area contributed by atoms with Crippen LogP contribution in [0.2, 0.25) is 0 Å². The number of benzene rings is 1. The van der Waals surface area contributed by atoms with Crippen LogP contribution in [0.1, 0.15) is 6.42 Å². The van der Waals surface area contributed by atoms with Crippen molar-refractivity contribution in [3.05, 3.63) is 48.6 Å². The highest BCUT2D eigenvalue weighted by molar-refractivity contribution is 6.21. The predicted molar refractivity (Wildman–Crippen MR) is 92.6 cm³/mol. The molecule has 0 fully saturated rings. The van der Waals surface area contributed by atoms with E-state index in [-0.39, 0.29) is 24.8 Å². The quantitative estimate of drug-likeness (QED) is 0.890. The van der Waals surface area contributed by atoms with Crippen LogP contribution in [0.5, 0.6) is 5.75 Å². The van der Waals surface area contributed by atoms with E-state index in [9.17, 15) is 14.4 Å². The minimum atomic E-state index is -0.634. The van der Waals surface area contributed by atoms with Gasteiger partial charge in [0, 0.05) is 24.7 Å². The number of ether oxygens (including phenoxy) is 1. The maximum Gasteiger partial charge on any atom is 0.350 e. The average molecular weight is 339 g/mol. The van der Waals surface area contributed by atoms with Crippen molar-refractivity contribution in [3.8, 4) is 5.75 Å². The van der Waals surface area contributed by atoms with Gasteiger partial charge in [0.2, 0.25) is 11.8 Å². The summed E-state index contributed by atoms with van der Waals surface area (Å²) in [7, 11) is 1.54. The zero-order valence-electron chi connectivity index (χ0n) is 13.6. The topological polar surface area (TPSA) is 88.1 Å². The van der Waals surface area contributed by atoms with Crippen molar-refractivity contribution in [2.45, 2.75) is 6.42 Å². The summed E-state index contributed by atoms with van der Waals surface area (Å²) in [6, 6.07) is 6.30. The Morgan fingerprint density at radius 2 is 2.16 bits per heavy atom. The lowest BCUT2D eigenvalue weighted by Crippen LogP contribution is -2.46. The smallest absolute Gasteiger partial charge is 0.350 e. The number of urea groups is 1. The van der Waals surface area contributed by atoms with Crippen molar-refractivity contribution in [1.29, 1.82) is 0 Å². The SMILES string of the molecule is COc1cccc(NC(=O)CCN2C(=O)N=C3C=CC=CC3C2=O)c1. The number of carbonyl (C=O) groups excluding carboxylic acids is 3. The molecule has 0 saturated heterocycles. The largest absolute Gasteiger partial charge is 0.497 e. The molecule has 7 heteroatoms. The summed E-state index contributed by atoms with van der Waals surface area (Å²) < 4.78 is 5.09. The monoisotopic (exact) mass is 339 g/mol. The lowest BCUT2D eigenvalue weighted by Gasteiger charge is -2.28. The van der Waals surface area contributed by atoms with E-state index in [1.165, 1.54) is 7.11 Å². The minimum absolute atomic E-state index is 0.00812. The third-order valence-electron chi connectivity index (χ3n) is 3.90. The summed E-state index contributed by atoms with van der Waals surface area (Å²) in [6.07, 6.45) is 6.80. The first kappa shape index (κ1) is 16.6. The van der Waals surface area contributed by atoms with Crippen molar-refractivity contribution in [3.63, 3.8) is 0 Å². The third-order valence-corrected chi connectivity index (χ3v) is 3.90. The van der Waals surface area contributed by atoms with Crippen LogP contribution < -0.4 is 10.1 Å². The fourth-order valence-corrected chi connectivity index (χ4v) is 2.62. The van der Waals surface area contributed by atoms with Crippen LogP contribution in [0.15, 0.2) is 53.6 Å². The summed E-state index contributed by atoms with van der Waals surface area (Å²) in [6.45, 7) is -0.0156. The molecule has 1 aliphatic heterocycles. The molecule has 1 unspecified atom stereocenters. The normalized spacial score (nSPS) is 18.7. The maximum atomic E-state index is 12.4. The number of fused-ring (bicyclic) bond motifs is 1. The van der Waals surface area contributed by atoms with Gasteiger partial charge >= 0.3 is 6.03 Å². The molecule has 0 saturated carbocycles. The number of carbonyl (C=O) groups is 3. The predicted octanol–water partition coefficient (Wildman–Crippen LogP) is 2.17. The fourth-order valence-electron chi connectivity index (χ4n) is 2.62. The highest BCUT2D eigenvalue weighted by atomic mass is 16.5. The molecule has 0 bridgehead atoms. The Hall–Kier alpha value is -3.22. The number of methoxy groups -OCH3 is 1. The van der Waals surface area contributed by atoms with E-state index in [0.29, 0.717) is 17.1 Å². The summed E-state index contributed by atoms with van der Waals surface area (Å²) in [5.74, 6) is -0.588. The number of allylic oxidation sites excluding steroid dienone is 3. The fraction of sp³-hybridized carbons (Fsp3) is 0.222. The van der Waals surface area contributed by atoms with Gasteiger partial charge in [0.25, 0.3) is 0 Å². The minimum Gasteiger partial charge on any atom is -0.497 e. The Kier molecular flexibility index (Phi) is 4.74. The standard InChI is InChI=1S/C18H17N3O4/c1-25-13-6-4-5-12(11-13)19-16(22)9-10-21-17(23)14-7-2-3-8-15(14)20-18(21)24/h2-8,11,14H,9-10H2,1H3,(H,19,22). The number of hydrogen-bond donors (Lipinski definition) is 1. The highest BCUT2D eigenvalue weighted by Gasteiger charge is 2.35. The summed E-state index contributed by atoms with van der Waals surface area (Å²) in [5, 5.41) is 2.71. The lowest BCUT2D eigenvalue weighted by atomic mass is 9.95. The van der Waals surface area contributed by atoms with Crippen LogP contribution in [-0.2, 0) is 9.59 Å². The number of aliphatic imine (C=N–C) groups is 1. The number of nitrogens with one attached hydrogen (secondary N) is 1. The molecule has 0 radical (unpaired) electrons. The second-order valence-corrected chi connectivity index (χ2v) is 5.56. The molecule has 3 rings (SSSR count). The number of rotatable bonds is 5. The number of hydrogen-bond acceptors (Lipinski definition) is 4. The molecule has 1 aromatic rings. The summed E-state index contributed by atoms with van der Waals surface area (Å²) >= 11 is 0. The van der Waals surface area contributed by atoms with Crippen LogP contribution in [0, 0.1) is 5.92 Å². The molecule has 4 amide bonds. The average Bonchev–Trinajstić information content (AvgIpc) is 2.61. The number of nitrogens with zero attached hydrogens (tertiary/aromatic N) is 2. The first-order valence-corrected chi connectivity index (χ1v) is 7.81. The Morgan fingerprint density at radius 1 is 1.32 bits per heavy atom. The van der Waals surface area contributed by atoms with Gasteiger partial charge in [-0.3, -0.25) is 14.5 Å². The number of amides is 4. The van der Waals surface area contributed by atoms with Crippen LogP contribution in [0.25, 0.3) is 0 Å². The van der Waals surface area contributed by atoms with Crippen molar-refractivity contribution in [2.75, 3.05) is 19.0 Å². The molecule has 0 aromatic heterocycles. The molecule has 1 atom stereocenters. The molecule has 1 N–H and O–H groups in total. The summed E-state index contributed by atoms with van der Waals surface area (Å²) in [5.41, 5.74) is 1.02. The molecular weight excluding hydrogens is 322 g/mol. The first-order chi connectivity index (χ1) is 12.1. The zero-order valence-corrected chi connectivity index (χ0v) is 13.6. The van der Waals surface area contributed by atoms with Crippen molar-refractivity contribution < 1.29 is 19.1 Å². The third kappa shape index (κ3) is 3.65. The van der Waals surface area contributed by atoms with Gasteiger partial charge < -0.3 is 10.1 Å². The van der Waals surface area contributed by atoms with Gasteiger partial charge in [-0.2, -0.15) is 4.99 Å². The van der Waals surface area contributed by atoms with Crippen LogP contribution in [0.3, 0.4) is 0 Å². The molecule has 7 nitrogen and oxygen atoms in total. The molecule has 1 aliphatic carbocycles. The lowest BCUT2D eigenvalue weighted by molar-refractivity contribution is -0.129. The van der Waals surface area contributed by atoms with Crippen molar-refractivity contribution in [1.82, 2.24) is 4.90 Å². The van der Waals surface area contributed by atoms with E-state index >= 15 is 0 Å². The molecule has 1 heterocycles. The Labute approximate surface area is 144 Å². The van der Waals surface area contributed by atoms with E-state index in [1.54, 1.807) is 48.6 Å². The first-order valence-electron chi connectivity index (χ1n) is 7.81. The number of imide groups is 1. The Bertz CT molecular complexity index is 810. The van der Waals surface area contributed by atoms with Gasteiger partial charge in [-0.25, -0.2) is 4.79 Å². The second kappa shape index (κ2) is 7.12. The van der Waals surface area contributed by atoms with Gasteiger partial charge in [-0.15, -0.1) is 0 Å². The highest BCUT2D eigenvalue weighted by Crippen LogP contribution is 2.20. The van der Waals surface area contributed by atoms with Crippen LogP contribution in [0.4, 0.5) is 10.5 Å². The van der Waals surface area contributed by atoms with Gasteiger partial charge in [0.05, 0.1) is 18.7 Å². The molecular formula is C18H17N3O4. The number of anilines is 1. The molecule has 25 heavy (non-hydrogen) atoms. The van der Waals surface area contributed by atoms with E-state index < -0.39 is 11.9 Å². The molecule has 0 spiro atoms. The van der Waals surface area contributed by atoms with Crippen LogP contribution in [-0.4, -0.2) is 42.1 Å².